The lowest BCUT2D eigenvalue weighted by molar-refractivity contribution is -0.136. The van der Waals surface area contributed by atoms with Gasteiger partial charge in [-0.15, -0.1) is 0 Å². The fraction of sp³-hybridized carbons (Fsp3) is 0.278. The van der Waals surface area contributed by atoms with Crippen molar-refractivity contribution < 1.29 is 9.59 Å². The Kier molecular flexibility index (Phi) is 5.93. The first-order valence-corrected chi connectivity index (χ1v) is 8.05. The number of hydrogen-bond acceptors (Lipinski definition) is 3. The maximum Gasteiger partial charge on any atom is 0.313 e. The average Bonchev–Trinajstić information content (AvgIpc) is 2.56. The van der Waals surface area contributed by atoms with Crippen LogP contribution in [0.3, 0.4) is 0 Å². The van der Waals surface area contributed by atoms with E-state index < -0.39 is 11.8 Å². The number of benzene rings is 1. The topological polar surface area (TPSA) is 71.1 Å². The Morgan fingerprint density at radius 1 is 1.12 bits per heavy atom. The first-order valence-electron chi connectivity index (χ1n) is 7.67. The Hall–Kier alpha value is -2.40. The molecule has 6 heteroatoms. The van der Waals surface area contributed by atoms with Crippen molar-refractivity contribution in [2.24, 2.45) is 5.92 Å². The molecule has 1 heterocycles. The second kappa shape index (κ2) is 7.93. The van der Waals surface area contributed by atoms with Gasteiger partial charge < -0.3 is 10.6 Å². The summed E-state index contributed by atoms with van der Waals surface area (Å²) in [6, 6.07) is 10.2. The summed E-state index contributed by atoms with van der Waals surface area (Å²) in [5, 5.41) is 5.82. The number of aromatic nitrogens is 1. The Morgan fingerprint density at radius 2 is 1.88 bits per heavy atom. The molecule has 2 N–H and O–H groups in total. The van der Waals surface area contributed by atoms with Gasteiger partial charge in [0.05, 0.1) is 11.7 Å². The van der Waals surface area contributed by atoms with Gasteiger partial charge in [-0.3, -0.25) is 14.6 Å². The lowest BCUT2D eigenvalue weighted by atomic mass is 10.0. The number of halogens is 1. The van der Waals surface area contributed by atoms with Crippen LogP contribution in [-0.2, 0) is 9.59 Å². The van der Waals surface area contributed by atoms with E-state index in [2.05, 4.69) is 15.6 Å². The quantitative estimate of drug-likeness (QED) is 0.833. The number of amides is 2. The second-order valence-electron chi connectivity index (χ2n) is 5.86. The third kappa shape index (κ3) is 4.55. The van der Waals surface area contributed by atoms with Crippen molar-refractivity contribution in [3.8, 4) is 0 Å². The second-order valence-corrected chi connectivity index (χ2v) is 6.30. The number of aryl methyl sites for hydroxylation is 1. The Balaban J connectivity index is 2.09. The van der Waals surface area contributed by atoms with Gasteiger partial charge in [-0.2, -0.15) is 0 Å². The van der Waals surface area contributed by atoms with E-state index in [1.54, 1.807) is 30.5 Å². The molecule has 2 rings (SSSR count). The Morgan fingerprint density at radius 3 is 2.50 bits per heavy atom. The van der Waals surface area contributed by atoms with Crippen LogP contribution in [0.1, 0.15) is 31.1 Å². The molecule has 0 saturated carbocycles. The number of anilines is 1. The molecule has 2 aromatic rings. The summed E-state index contributed by atoms with van der Waals surface area (Å²) in [6.07, 6.45) is 1.66. The zero-order chi connectivity index (χ0) is 17.7. The van der Waals surface area contributed by atoms with Gasteiger partial charge in [-0.1, -0.05) is 37.6 Å². The zero-order valence-electron chi connectivity index (χ0n) is 13.8. The van der Waals surface area contributed by atoms with E-state index in [0.717, 1.165) is 5.56 Å². The first-order chi connectivity index (χ1) is 11.4. The van der Waals surface area contributed by atoms with Gasteiger partial charge in [-0.05, 0) is 42.7 Å². The molecule has 24 heavy (non-hydrogen) atoms. The summed E-state index contributed by atoms with van der Waals surface area (Å²) in [4.78, 5) is 28.7. The third-order valence-corrected chi connectivity index (χ3v) is 3.85. The molecule has 0 saturated heterocycles. The van der Waals surface area contributed by atoms with Gasteiger partial charge in [0, 0.05) is 16.9 Å². The van der Waals surface area contributed by atoms with E-state index in [-0.39, 0.29) is 12.0 Å². The molecule has 0 fully saturated rings. The predicted octanol–water partition coefficient (Wildman–Crippen LogP) is 3.50. The van der Waals surface area contributed by atoms with Crippen molar-refractivity contribution in [1.29, 1.82) is 0 Å². The highest BCUT2D eigenvalue weighted by Gasteiger charge is 2.23. The van der Waals surface area contributed by atoms with Crippen molar-refractivity contribution in [1.82, 2.24) is 10.3 Å². The lowest BCUT2D eigenvalue weighted by Gasteiger charge is -2.21. The van der Waals surface area contributed by atoms with Gasteiger partial charge in [0.15, 0.2) is 0 Å². The van der Waals surface area contributed by atoms with Gasteiger partial charge in [0.25, 0.3) is 0 Å². The lowest BCUT2D eigenvalue weighted by Crippen LogP contribution is -2.40. The minimum Gasteiger partial charge on any atom is -0.339 e. The molecule has 0 radical (unpaired) electrons. The molecule has 0 spiro atoms. The summed E-state index contributed by atoms with van der Waals surface area (Å²) in [6.45, 7) is 5.74. The van der Waals surface area contributed by atoms with Crippen molar-refractivity contribution in [3.63, 3.8) is 0 Å². The average molecular weight is 346 g/mol. The predicted molar refractivity (Wildman–Crippen MR) is 94.8 cm³/mol. The number of carbonyl (C=O) groups is 2. The zero-order valence-corrected chi connectivity index (χ0v) is 14.6. The Labute approximate surface area is 146 Å². The van der Waals surface area contributed by atoms with Crippen LogP contribution >= 0.6 is 11.6 Å². The number of rotatable bonds is 4. The van der Waals surface area contributed by atoms with Crippen LogP contribution in [0.2, 0.25) is 5.02 Å². The molecule has 1 aromatic heterocycles. The van der Waals surface area contributed by atoms with Crippen LogP contribution in [0, 0.1) is 12.8 Å². The van der Waals surface area contributed by atoms with Crippen LogP contribution in [0.4, 0.5) is 5.69 Å². The molecule has 0 unspecified atom stereocenters. The number of nitrogens with zero attached hydrogens (tertiary/aromatic N) is 1. The van der Waals surface area contributed by atoms with Gasteiger partial charge in [-0.25, -0.2) is 0 Å². The normalized spacial score (nSPS) is 11.9. The minimum absolute atomic E-state index is 0.0876. The smallest absolute Gasteiger partial charge is 0.313 e. The summed E-state index contributed by atoms with van der Waals surface area (Å²) >= 11 is 5.93. The number of pyridine rings is 1. The molecule has 1 aromatic carbocycles. The van der Waals surface area contributed by atoms with Crippen molar-refractivity contribution >= 4 is 29.1 Å². The molecule has 2 amide bonds. The van der Waals surface area contributed by atoms with Crippen molar-refractivity contribution in [2.45, 2.75) is 26.8 Å². The molecule has 0 aliphatic carbocycles. The molecule has 5 nitrogen and oxygen atoms in total. The highest BCUT2D eigenvalue weighted by Crippen LogP contribution is 2.21. The van der Waals surface area contributed by atoms with E-state index in [4.69, 9.17) is 11.6 Å². The molecule has 126 valence electrons. The number of carbonyl (C=O) groups excluding carboxylic acids is 2. The number of hydrogen-bond donors (Lipinski definition) is 2. The van der Waals surface area contributed by atoms with E-state index in [9.17, 15) is 9.59 Å². The standard InChI is InChI=1S/C18H20ClN3O2/c1-11(2)16(14-6-4-5-9-20-14)22-18(24)17(23)21-15-10-13(19)8-7-12(15)3/h4-11,16H,1-3H3,(H,21,23)(H,22,24)/t16-/m0/s1. The maximum absolute atomic E-state index is 12.2. The van der Waals surface area contributed by atoms with E-state index in [1.165, 1.54) is 0 Å². The largest absolute Gasteiger partial charge is 0.339 e. The fourth-order valence-electron chi connectivity index (χ4n) is 2.26. The molecular formula is C18H20ClN3O2. The maximum atomic E-state index is 12.2. The molecule has 0 aliphatic rings. The van der Waals surface area contributed by atoms with Crippen LogP contribution in [0.25, 0.3) is 0 Å². The highest BCUT2D eigenvalue weighted by atomic mass is 35.5. The van der Waals surface area contributed by atoms with Crippen LogP contribution in [0.5, 0.6) is 0 Å². The molecule has 1 atom stereocenters. The third-order valence-electron chi connectivity index (χ3n) is 3.61. The van der Waals surface area contributed by atoms with Gasteiger partial charge in [0.2, 0.25) is 0 Å². The molecular weight excluding hydrogens is 326 g/mol. The first kappa shape index (κ1) is 17.9. The van der Waals surface area contributed by atoms with Crippen LogP contribution in [0.15, 0.2) is 42.6 Å². The van der Waals surface area contributed by atoms with E-state index in [0.29, 0.717) is 16.4 Å². The summed E-state index contributed by atoms with van der Waals surface area (Å²) < 4.78 is 0. The summed E-state index contributed by atoms with van der Waals surface area (Å²) in [5.41, 5.74) is 2.06. The SMILES string of the molecule is Cc1ccc(Cl)cc1NC(=O)C(=O)N[C@H](c1ccccn1)C(C)C. The summed E-state index contributed by atoms with van der Waals surface area (Å²) in [7, 11) is 0. The summed E-state index contributed by atoms with van der Waals surface area (Å²) in [5.74, 6) is -1.36. The van der Waals surface area contributed by atoms with Crippen molar-refractivity contribution in [2.75, 3.05) is 5.32 Å². The minimum atomic E-state index is -0.734. The Bertz CT molecular complexity index is 732. The van der Waals surface area contributed by atoms with E-state index in [1.807, 2.05) is 32.9 Å². The van der Waals surface area contributed by atoms with Crippen LogP contribution < -0.4 is 10.6 Å². The fourth-order valence-corrected chi connectivity index (χ4v) is 2.43. The number of nitrogens with one attached hydrogen (secondary N) is 2. The van der Waals surface area contributed by atoms with Crippen LogP contribution in [-0.4, -0.2) is 16.8 Å². The molecule has 0 aliphatic heterocycles. The van der Waals surface area contributed by atoms with Crippen molar-refractivity contribution in [3.05, 3.63) is 58.9 Å². The highest BCUT2D eigenvalue weighted by molar-refractivity contribution is 6.40. The van der Waals surface area contributed by atoms with Gasteiger partial charge in [0.1, 0.15) is 0 Å². The van der Waals surface area contributed by atoms with Gasteiger partial charge >= 0.3 is 11.8 Å². The monoisotopic (exact) mass is 345 g/mol. The van der Waals surface area contributed by atoms with E-state index >= 15 is 0 Å². The molecule has 0 bridgehead atoms.